The van der Waals surface area contributed by atoms with Crippen molar-refractivity contribution < 1.29 is 14.0 Å². The number of hydrogen-bond acceptors (Lipinski definition) is 5. The number of benzene rings is 1. The Hall–Kier alpha value is -1.92. The average Bonchev–Trinajstić information content (AvgIpc) is 3.14. The molecule has 130 valence electrons. The second-order valence-electron chi connectivity index (χ2n) is 5.88. The van der Waals surface area contributed by atoms with Gasteiger partial charge < -0.3 is 4.42 Å². The predicted molar refractivity (Wildman–Crippen MR) is 102 cm³/mol. The van der Waals surface area contributed by atoms with Crippen molar-refractivity contribution in [1.29, 1.82) is 0 Å². The number of aryl methyl sites for hydroxylation is 1. The van der Waals surface area contributed by atoms with E-state index in [2.05, 4.69) is 12.1 Å². The van der Waals surface area contributed by atoms with Gasteiger partial charge in [0.2, 0.25) is 0 Å². The summed E-state index contributed by atoms with van der Waals surface area (Å²) < 4.78 is 5.78. The van der Waals surface area contributed by atoms with Gasteiger partial charge in [-0.15, -0.1) is 0 Å². The van der Waals surface area contributed by atoms with E-state index in [1.807, 2.05) is 45.0 Å². The van der Waals surface area contributed by atoms with Crippen LogP contribution in [-0.4, -0.2) is 22.1 Å². The van der Waals surface area contributed by atoms with Crippen molar-refractivity contribution in [3.63, 3.8) is 0 Å². The van der Waals surface area contributed by atoms with E-state index in [-0.39, 0.29) is 17.2 Å². The van der Waals surface area contributed by atoms with Crippen molar-refractivity contribution in [2.75, 3.05) is 0 Å². The van der Waals surface area contributed by atoms with Crippen LogP contribution >= 0.6 is 23.5 Å². The van der Waals surface area contributed by atoms with Crippen LogP contribution in [-0.2, 0) is 4.79 Å². The maximum atomic E-state index is 12.4. The van der Waals surface area contributed by atoms with E-state index in [0.29, 0.717) is 10.7 Å². The number of carbonyl (C=O) groups is 2. The Labute approximate surface area is 155 Å². The van der Waals surface area contributed by atoms with Crippen LogP contribution in [0.15, 0.2) is 55.7 Å². The number of hydrogen-bond donors (Lipinski definition) is 0. The number of thioether (sulfide) groups is 1. The molecule has 4 nitrogen and oxygen atoms in total. The fourth-order valence-corrected chi connectivity index (χ4v) is 4.05. The van der Waals surface area contributed by atoms with E-state index < -0.39 is 0 Å². The van der Waals surface area contributed by atoms with Crippen molar-refractivity contribution in [1.82, 2.24) is 4.90 Å². The smallest absolute Gasteiger partial charge is 0.293 e. The topological polar surface area (TPSA) is 50.5 Å². The highest BCUT2D eigenvalue weighted by atomic mass is 32.2. The lowest BCUT2D eigenvalue weighted by Gasteiger charge is -2.19. The van der Waals surface area contributed by atoms with Crippen LogP contribution in [0.1, 0.15) is 31.6 Å². The molecule has 25 heavy (non-hydrogen) atoms. The average molecular weight is 373 g/mol. The third-order valence-corrected chi connectivity index (χ3v) is 5.78. The number of imide groups is 1. The number of furan rings is 1. The maximum absolute atomic E-state index is 12.4. The van der Waals surface area contributed by atoms with Gasteiger partial charge in [-0.25, -0.2) is 0 Å². The first-order chi connectivity index (χ1) is 12.0. The van der Waals surface area contributed by atoms with Gasteiger partial charge in [0.15, 0.2) is 5.09 Å². The quantitative estimate of drug-likeness (QED) is 0.641. The van der Waals surface area contributed by atoms with Gasteiger partial charge in [0.1, 0.15) is 5.76 Å². The van der Waals surface area contributed by atoms with Gasteiger partial charge in [-0.3, -0.25) is 14.5 Å². The summed E-state index contributed by atoms with van der Waals surface area (Å²) in [6.45, 7) is 5.88. The van der Waals surface area contributed by atoms with Gasteiger partial charge >= 0.3 is 0 Å². The number of carbonyl (C=O) groups excluding carboxylic acids is 2. The molecular weight excluding hydrogens is 354 g/mol. The molecule has 0 radical (unpaired) electrons. The Morgan fingerprint density at radius 2 is 1.92 bits per heavy atom. The Bertz CT molecular complexity index is 823. The minimum atomic E-state index is -0.242. The summed E-state index contributed by atoms with van der Waals surface area (Å²) in [5.41, 5.74) is 1.21. The molecule has 1 saturated heterocycles. The van der Waals surface area contributed by atoms with Gasteiger partial charge in [-0.1, -0.05) is 36.4 Å². The molecule has 2 amide bonds. The SMILES string of the molecule is CC[C@H](C)N1C(=O)S/C(=C/c2ccc(Sc3ccc(C)cc3)o2)C1=O. The first kappa shape index (κ1) is 17.9. The van der Waals surface area contributed by atoms with Gasteiger partial charge in [0.25, 0.3) is 11.1 Å². The number of nitrogens with zero attached hydrogens (tertiary/aromatic N) is 1. The van der Waals surface area contributed by atoms with E-state index >= 15 is 0 Å². The fraction of sp³-hybridized carbons (Fsp3) is 0.263. The van der Waals surface area contributed by atoms with E-state index in [4.69, 9.17) is 4.42 Å². The summed E-state index contributed by atoms with van der Waals surface area (Å²) in [6.07, 6.45) is 2.38. The first-order valence-electron chi connectivity index (χ1n) is 8.09. The molecule has 2 heterocycles. The monoisotopic (exact) mass is 373 g/mol. The molecule has 0 aliphatic carbocycles. The molecule has 1 aliphatic rings. The molecule has 0 saturated carbocycles. The zero-order chi connectivity index (χ0) is 18.0. The van der Waals surface area contributed by atoms with Crippen molar-refractivity contribution in [3.05, 3.63) is 52.6 Å². The molecular formula is C19H19NO3S2. The summed E-state index contributed by atoms with van der Waals surface area (Å²) >= 11 is 2.49. The van der Waals surface area contributed by atoms with Crippen molar-refractivity contribution in [3.8, 4) is 0 Å². The van der Waals surface area contributed by atoms with Crippen LogP contribution in [0.2, 0.25) is 0 Å². The molecule has 0 spiro atoms. The molecule has 0 unspecified atom stereocenters. The Morgan fingerprint density at radius 1 is 1.20 bits per heavy atom. The lowest BCUT2D eigenvalue weighted by molar-refractivity contribution is -0.124. The van der Waals surface area contributed by atoms with Crippen molar-refractivity contribution in [2.24, 2.45) is 0 Å². The minimum Gasteiger partial charge on any atom is -0.450 e. The largest absolute Gasteiger partial charge is 0.450 e. The van der Waals surface area contributed by atoms with Gasteiger partial charge in [0.05, 0.1) is 4.91 Å². The minimum absolute atomic E-state index is 0.0948. The van der Waals surface area contributed by atoms with Crippen LogP contribution < -0.4 is 0 Å². The van der Waals surface area contributed by atoms with Crippen LogP contribution in [0.5, 0.6) is 0 Å². The zero-order valence-corrected chi connectivity index (χ0v) is 15.9. The summed E-state index contributed by atoms with van der Waals surface area (Å²) in [4.78, 5) is 27.3. The molecule has 1 fully saturated rings. The third kappa shape index (κ3) is 4.02. The first-order valence-corrected chi connectivity index (χ1v) is 9.72. The summed E-state index contributed by atoms with van der Waals surface area (Å²) in [7, 11) is 0. The molecule has 1 aliphatic heterocycles. The normalized spacial score (nSPS) is 17.6. The molecule has 1 aromatic heterocycles. The molecule has 6 heteroatoms. The van der Waals surface area contributed by atoms with Crippen molar-refractivity contribution >= 4 is 40.7 Å². The van der Waals surface area contributed by atoms with Gasteiger partial charge in [-0.2, -0.15) is 0 Å². The van der Waals surface area contributed by atoms with Crippen molar-refractivity contribution in [2.45, 2.75) is 43.2 Å². The summed E-state index contributed by atoms with van der Waals surface area (Å²) in [6, 6.07) is 11.8. The molecule has 0 N–H and O–H groups in total. The van der Waals surface area contributed by atoms with Crippen LogP contribution in [0.3, 0.4) is 0 Å². The Morgan fingerprint density at radius 3 is 2.60 bits per heavy atom. The van der Waals surface area contributed by atoms with E-state index in [1.165, 1.54) is 22.2 Å². The Balaban J connectivity index is 1.74. The van der Waals surface area contributed by atoms with Gasteiger partial charge in [0, 0.05) is 17.0 Å². The summed E-state index contributed by atoms with van der Waals surface area (Å²) in [5, 5.41) is 0.530. The number of rotatable bonds is 5. The predicted octanol–water partition coefficient (Wildman–Crippen LogP) is 5.57. The fourth-order valence-electron chi connectivity index (χ4n) is 2.36. The lowest BCUT2D eigenvalue weighted by Crippen LogP contribution is -2.36. The summed E-state index contributed by atoms with van der Waals surface area (Å²) in [5.74, 6) is 0.331. The van der Waals surface area contributed by atoms with Gasteiger partial charge in [-0.05, 0) is 56.3 Å². The van der Waals surface area contributed by atoms with Crippen LogP contribution in [0.4, 0.5) is 4.79 Å². The molecule has 1 aromatic carbocycles. The zero-order valence-electron chi connectivity index (χ0n) is 14.3. The van der Waals surface area contributed by atoms with E-state index in [1.54, 1.807) is 6.08 Å². The van der Waals surface area contributed by atoms with E-state index in [9.17, 15) is 9.59 Å². The van der Waals surface area contributed by atoms with Crippen LogP contribution in [0, 0.1) is 6.92 Å². The Kier molecular flexibility index (Phi) is 5.39. The standard InChI is InChI=1S/C19H19NO3S2/c1-4-13(3)20-18(21)16(25-19(20)22)11-14-7-10-17(23-14)24-15-8-5-12(2)6-9-15/h5-11,13H,4H2,1-3H3/b16-11+/t13-/m0/s1. The van der Waals surface area contributed by atoms with Crippen LogP contribution in [0.25, 0.3) is 6.08 Å². The third-order valence-electron chi connectivity index (χ3n) is 3.97. The maximum Gasteiger partial charge on any atom is 0.293 e. The lowest BCUT2D eigenvalue weighted by atomic mass is 10.2. The number of amides is 2. The molecule has 3 rings (SSSR count). The molecule has 2 aromatic rings. The molecule has 1 atom stereocenters. The highest BCUT2D eigenvalue weighted by Crippen LogP contribution is 2.35. The second kappa shape index (κ2) is 7.54. The van der Waals surface area contributed by atoms with E-state index in [0.717, 1.165) is 28.2 Å². The second-order valence-corrected chi connectivity index (χ2v) is 7.95. The highest BCUT2D eigenvalue weighted by molar-refractivity contribution is 8.18. The highest BCUT2D eigenvalue weighted by Gasteiger charge is 2.37. The molecule has 0 bridgehead atoms.